The fourth-order valence-electron chi connectivity index (χ4n) is 2.54. The zero-order valence-electron chi connectivity index (χ0n) is 10.9. The summed E-state index contributed by atoms with van der Waals surface area (Å²) in [5.74, 6) is -0.741. The van der Waals surface area contributed by atoms with Crippen molar-refractivity contribution in [3.63, 3.8) is 0 Å². The van der Waals surface area contributed by atoms with Crippen molar-refractivity contribution in [3.8, 4) is 0 Å². The second-order valence-electron chi connectivity index (χ2n) is 5.97. The molecule has 0 aromatic carbocycles. The largest absolute Gasteiger partial charge is 0.481 e. The lowest BCUT2D eigenvalue weighted by atomic mass is 9.97. The average Bonchev–Trinajstić information content (AvgIpc) is 1.96. The summed E-state index contributed by atoms with van der Waals surface area (Å²) in [6.07, 6.45) is 0.187. The molecule has 94 valence electrons. The van der Waals surface area contributed by atoms with Crippen LogP contribution in [0.4, 0.5) is 0 Å². The van der Waals surface area contributed by atoms with E-state index in [0.29, 0.717) is 0 Å². The van der Waals surface area contributed by atoms with Crippen molar-refractivity contribution in [1.29, 1.82) is 0 Å². The topological polar surface area (TPSA) is 49.8 Å². The van der Waals surface area contributed by atoms with E-state index in [2.05, 4.69) is 4.90 Å². The van der Waals surface area contributed by atoms with Crippen molar-refractivity contribution >= 4 is 5.97 Å². The molecular formula is C12H23NO3. The van der Waals surface area contributed by atoms with E-state index in [1.165, 1.54) is 0 Å². The SMILES string of the molecule is CC(CC(=O)O)N1CC(C)(C)OC(C)(C)C1. The third kappa shape index (κ3) is 3.76. The Bertz CT molecular complexity index is 257. The quantitative estimate of drug-likeness (QED) is 0.801. The van der Waals surface area contributed by atoms with Crippen molar-refractivity contribution in [3.05, 3.63) is 0 Å². The third-order valence-corrected chi connectivity index (χ3v) is 2.81. The minimum absolute atomic E-state index is 0.0555. The molecule has 0 aliphatic carbocycles. The molecule has 16 heavy (non-hydrogen) atoms. The predicted molar refractivity (Wildman–Crippen MR) is 62.5 cm³/mol. The van der Waals surface area contributed by atoms with Crippen molar-refractivity contribution < 1.29 is 14.6 Å². The van der Waals surface area contributed by atoms with E-state index in [1.807, 2.05) is 34.6 Å². The monoisotopic (exact) mass is 229 g/mol. The Balaban J connectivity index is 2.70. The number of aliphatic carboxylic acids is 1. The molecule has 1 atom stereocenters. The Morgan fingerprint density at radius 3 is 2.12 bits per heavy atom. The highest BCUT2D eigenvalue weighted by Gasteiger charge is 2.39. The molecule has 1 rings (SSSR count). The standard InChI is InChI=1S/C12H23NO3/c1-9(6-10(14)15)13-7-11(2,3)16-12(4,5)8-13/h9H,6-8H2,1-5H3,(H,14,15). The van der Waals surface area contributed by atoms with Gasteiger partial charge in [0.15, 0.2) is 0 Å². The zero-order chi connectivity index (χ0) is 12.6. The molecule has 1 heterocycles. The van der Waals surface area contributed by atoms with Gasteiger partial charge in [0.05, 0.1) is 17.6 Å². The summed E-state index contributed by atoms with van der Waals surface area (Å²) >= 11 is 0. The first kappa shape index (κ1) is 13.5. The lowest BCUT2D eigenvalue weighted by molar-refractivity contribution is -0.188. The second kappa shape index (κ2) is 4.34. The van der Waals surface area contributed by atoms with Crippen LogP contribution in [0.2, 0.25) is 0 Å². The van der Waals surface area contributed by atoms with Gasteiger partial charge in [-0.15, -0.1) is 0 Å². The van der Waals surface area contributed by atoms with Crippen LogP contribution in [0.3, 0.4) is 0 Å². The molecule has 4 heteroatoms. The second-order valence-corrected chi connectivity index (χ2v) is 5.97. The summed E-state index contributed by atoms with van der Waals surface area (Å²) in [6.45, 7) is 11.7. The van der Waals surface area contributed by atoms with Gasteiger partial charge in [0.25, 0.3) is 0 Å². The number of morpholine rings is 1. The van der Waals surface area contributed by atoms with E-state index in [9.17, 15) is 4.79 Å². The van der Waals surface area contributed by atoms with Gasteiger partial charge in [-0.2, -0.15) is 0 Å². The molecule has 0 spiro atoms. The summed E-state index contributed by atoms with van der Waals surface area (Å²) < 4.78 is 5.96. The summed E-state index contributed by atoms with van der Waals surface area (Å²) in [5, 5.41) is 8.82. The van der Waals surface area contributed by atoms with Crippen LogP contribution < -0.4 is 0 Å². The number of hydrogen-bond acceptors (Lipinski definition) is 3. The van der Waals surface area contributed by atoms with Crippen molar-refractivity contribution in [1.82, 2.24) is 4.90 Å². The van der Waals surface area contributed by atoms with Gasteiger partial charge < -0.3 is 9.84 Å². The smallest absolute Gasteiger partial charge is 0.304 e. The van der Waals surface area contributed by atoms with Crippen LogP contribution in [0, 0.1) is 0 Å². The maximum absolute atomic E-state index is 10.7. The molecule has 0 saturated carbocycles. The van der Waals surface area contributed by atoms with Gasteiger partial charge in [0.1, 0.15) is 0 Å². The molecule has 1 saturated heterocycles. The van der Waals surface area contributed by atoms with Crippen molar-refractivity contribution in [2.45, 2.75) is 58.3 Å². The maximum atomic E-state index is 10.7. The highest BCUT2D eigenvalue weighted by molar-refractivity contribution is 5.67. The number of ether oxygens (including phenoxy) is 1. The molecule has 0 amide bonds. The van der Waals surface area contributed by atoms with E-state index < -0.39 is 5.97 Å². The van der Waals surface area contributed by atoms with Crippen LogP contribution >= 0.6 is 0 Å². The Kier molecular flexibility index (Phi) is 3.65. The van der Waals surface area contributed by atoms with Crippen LogP contribution in [-0.2, 0) is 9.53 Å². The molecule has 1 aliphatic rings. The van der Waals surface area contributed by atoms with E-state index in [4.69, 9.17) is 9.84 Å². The highest BCUT2D eigenvalue weighted by atomic mass is 16.5. The normalized spacial score (nSPS) is 26.3. The van der Waals surface area contributed by atoms with Gasteiger partial charge in [-0.05, 0) is 34.6 Å². The van der Waals surface area contributed by atoms with Crippen LogP contribution in [0.15, 0.2) is 0 Å². The van der Waals surface area contributed by atoms with Crippen LogP contribution in [0.25, 0.3) is 0 Å². The minimum Gasteiger partial charge on any atom is -0.481 e. The van der Waals surface area contributed by atoms with Gasteiger partial charge in [-0.1, -0.05) is 0 Å². The third-order valence-electron chi connectivity index (χ3n) is 2.81. The maximum Gasteiger partial charge on any atom is 0.304 e. The number of rotatable bonds is 3. The molecule has 1 fully saturated rings. The number of carboxylic acid groups (broad SMARTS) is 1. The molecule has 0 aromatic rings. The lowest BCUT2D eigenvalue weighted by Crippen LogP contribution is -2.59. The number of carbonyl (C=O) groups is 1. The van der Waals surface area contributed by atoms with E-state index in [0.717, 1.165) is 13.1 Å². The predicted octanol–water partition coefficient (Wildman–Crippen LogP) is 1.74. The van der Waals surface area contributed by atoms with Gasteiger partial charge in [-0.25, -0.2) is 0 Å². The van der Waals surface area contributed by atoms with Crippen LogP contribution in [0.5, 0.6) is 0 Å². The van der Waals surface area contributed by atoms with Gasteiger partial charge in [-0.3, -0.25) is 9.69 Å². The first-order valence-corrected chi connectivity index (χ1v) is 5.77. The molecular weight excluding hydrogens is 206 g/mol. The van der Waals surface area contributed by atoms with Crippen molar-refractivity contribution in [2.75, 3.05) is 13.1 Å². The lowest BCUT2D eigenvalue weighted by Gasteiger charge is -2.49. The fourth-order valence-corrected chi connectivity index (χ4v) is 2.54. The fraction of sp³-hybridized carbons (Fsp3) is 0.917. The molecule has 1 N–H and O–H groups in total. The average molecular weight is 229 g/mol. The van der Waals surface area contributed by atoms with Gasteiger partial charge >= 0.3 is 5.97 Å². The summed E-state index contributed by atoms with van der Waals surface area (Å²) in [6, 6.07) is 0.0555. The van der Waals surface area contributed by atoms with Gasteiger partial charge in [0.2, 0.25) is 0 Å². The van der Waals surface area contributed by atoms with E-state index >= 15 is 0 Å². The first-order chi connectivity index (χ1) is 7.11. The summed E-state index contributed by atoms with van der Waals surface area (Å²) in [4.78, 5) is 12.9. The molecule has 4 nitrogen and oxygen atoms in total. The van der Waals surface area contributed by atoms with Crippen LogP contribution in [0.1, 0.15) is 41.0 Å². The summed E-state index contributed by atoms with van der Waals surface area (Å²) in [5.41, 5.74) is -0.428. The Morgan fingerprint density at radius 2 is 1.75 bits per heavy atom. The molecule has 0 aromatic heterocycles. The molecule has 0 radical (unpaired) electrons. The number of nitrogens with zero attached hydrogens (tertiary/aromatic N) is 1. The van der Waals surface area contributed by atoms with Crippen molar-refractivity contribution in [2.24, 2.45) is 0 Å². The van der Waals surface area contributed by atoms with Gasteiger partial charge in [0, 0.05) is 19.1 Å². The van der Waals surface area contributed by atoms with E-state index in [1.54, 1.807) is 0 Å². The number of hydrogen-bond donors (Lipinski definition) is 1. The first-order valence-electron chi connectivity index (χ1n) is 5.77. The summed E-state index contributed by atoms with van der Waals surface area (Å²) in [7, 11) is 0. The number of carboxylic acids is 1. The molecule has 0 bridgehead atoms. The molecule has 1 aliphatic heterocycles. The van der Waals surface area contributed by atoms with Crippen LogP contribution in [-0.4, -0.2) is 46.3 Å². The zero-order valence-corrected chi connectivity index (χ0v) is 10.9. The highest BCUT2D eigenvalue weighted by Crippen LogP contribution is 2.29. The Morgan fingerprint density at radius 1 is 1.31 bits per heavy atom. The Hall–Kier alpha value is -0.610. The molecule has 1 unspecified atom stereocenters. The Labute approximate surface area is 97.6 Å². The van der Waals surface area contributed by atoms with E-state index in [-0.39, 0.29) is 23.7 Å². The minimum atomic E-state index is -0.741.